The van der Waals surface area contributed by atoms with Crippen molar-refractivity contribution >= 4 is 24.2 Å². The summed E-state index contributed by atoms with van der Waals surface area (Å²) in [6.07, 6.45) is -0.765. The van der Waals surface area contributed by atoms with Crippen LogP contribution < -0.4 is 5.32 Å². The molecule has 0 aromatic heterocycles. The van der Waals surface area contributed by atoms with Crippen LogP contribution in [0.2, 0.25) is 0 Å². The standard InChI is InChI=1S/C20H29N3O5.CO2/c1-15-5-7-16(8-6-15)14-27-19(26)23-11-9-22(10-12-23)17(24)13-21-18(25)28-20(2,3)4;2-1-3/h5-8H,9-14H2,1-4H3,(H,21,25);. The van der Waals surface area contributed by atoms with Gasteiger partial charge >= 0.3 is 18.3 Å². The highest BCUT2D eigenvalue weighted by molar-refractivity contribution is 5.82. The van der Waals surface area contributed by atoms with Gasteiger partial charge < -0.3 is 24.6 Å². The van der Waals surface area contributed by atoms with Gasteiger partial charge in [-0.25, -0.2) is 9.59 Å². The molecule has 1 heterocycles. The van der Waals surface area contributed by atoms with Gasteiger partial charge in [0.2, 0.25) is 5.91 Å². The molecule has 1 saturated heterocycles. The molecule has 0 radical (unpaired) electrons. The fraction of sp³-hybridized carbons (Fsp3) is 0.524. The Balaban J connectivity index is 0.00000151. The molecule has 0 saturated carbocycles. The Bertz CT molecular complexity index is 773. The van der Waals surface area contributed by atoms with Crippen molar-refractivity contribution in [3.05, 3.63) is 35.4 Å². The number of hydrogen-bond donors (Lipinski definition) is 1. The van der Waals surface area contributed by atoms with E-state index in [0.29, 0.717) is 26.2 Å². The van der Waals surface area contributed by atoms with Gasteiger partial charge in [0.1, 0.15) is 18.8 Å². The fourth-order valence-electron chi connectivity index (χ4n) is 2.63. The number of ether oxygens (including phenoxy) is 2. The number of rotatable bonds is 4. The van der Waals surface area contributed by atoms with Gasteiger partial charge in [0.25, 0.3) is 0 Å². The number of nitrogens with zero attached hydrogens (tertiary/aromatic N) is 2. The smallest absolute Gasteiger partial charge is 0.410 e. The molecule has 3 amide bonds. The van der Waals surface area contributed by atoms with Gasteiger partial charge in [0, 0.05) is 26.2 Å². The van der Waals surface area contributed by atoms with Crippen LogP contribution in [0.25, 0.3) is 0 Å². The van der Waals surface area contributed by atoms with E-state index in [1.807, 2.05) is 31.2 Å². The number of piperazine rings is 1. The maximum Gasteiger partial charge on any atom is 0.410 e. The lowest BCUT2D eigenvalue weighted by Gasteiger charge is -2.34. The molecule has 10 heteroatoms. The fourth-order valence-corrected chi connectivity index (χ4v) is 2.63. The van der Waals surface area contributed by atoms with Crippen molar-refractivity contribution in [2.75, 3.05) is 32.7 Å². The SMILES string of the molecule is Cc1ccc(COC(=O)N2CCN(C(=O)CNC(=O)OC(C)(C)C)CC2)cc1.O=C=O. The van der Waals surface area contributed by atoms with Crippen LogP contribution in [0.5, 0.6) is 0 Å². The largest absolute Gasteiger partial charge is 0.445 e. The molecule has 170 valence electrons. The summed E-state index contributed by atoms with van der Waals surface area (Å²) < 4.78 is 10.4. The summed E-state index contributed by atoms with van der Waals surface area (Å²) in [5.74, 6) is -0.210. The molecular formula is C21H29N3O7. The summed E-state index contributed by atoms with van der Waals surface area (Å²) in [6, 6.07) is 7.80. The Morgan fingerprint density at radius 3 is 2.03 bits per heavy atom. The van der Waals surface area contributed by atoms with Gasteiger partial charge in [-0.15, -0.1) is 0 Å². The molecule has 0 spiro atoms. The van der Waals surface area contributed by atoms with E-state index in [4.69, 9.17) is 19.1 Å². The van der Waals surface area contributed by atoms with E-state index in [-0.39, 0.29) is 31.3 Å². The number of carbonyl (C=O) groups excluding carboxylic acids is 5. The van der Waals surface area contributed by atoms with Crippen LogP contribution in [0.4, 0.5) is 9.59 Å². The number of carbonyl (C=O) groups is 3. The Morgan fingerprint density at radius 1 is 1.00 bits per heavy atom. The molecule has 2 rings (SSSR count). The molecule has 0 unspecified atom stereocenters. The van der Waals surface area contributed by atoms with Crippen molar-refractivity contribution in [1.82, 2.24) is 15.1 Å². The second-order valence-electron chi connectivity index (χ2n) is 7.85. The summed E-state index contributed by atoms with van der Waals surface area (Å²) in [6.45, 7) is 8.94. The third-order valence-electron chi connectivity index (χ3n) is 4.16. The molecule has 0 aliphatic carbocycles. The molecule has 1 aromatic rings. The van der Waals surface area contributed by atoms with Crippen molar-refractivity contribution in [3.63, 3.8) is 0 Å². The lowest BCUT2D eigenvalue weighted by molar-refractivity contribution is -0.191. The Hall–Kier alpha value is -3.39. The third-order valence-corrected chi connectivity index (χ3v) is 4.16. The maximum atomic E-state index is 12.2. The number of aryl methyl sites for hydroxylation is 1. The average molecular weight is 435 g/mol. The van der Waals surface area contributed by atoms with E-state index < -0.39 is 11.7 Å². The Morgan fingerprint density at radius 2 is 1.52 bits per heavy atom. The molecule has 31 heavy (non-hydrogen) atoms. The zero-order valence-electron chi connectivity index (χ0n) is 18.3. The lowest BCUT2D eigenvalue weighted by atomic mass is 10.2. The van der Waals surface area contributed by atoms with Crippen LogP contribution in [0.15, 0.2) is 24.3 Å². The highest BCUT2D eigenvalue weighted by Crippen LogP contribution is 2.09. The molecule has 1 fully saturated rings. The normalized spacial score (nSPS) is 13.3. The minimum atomic E-state index is -0.626. The maximum absolute atomic E-state index is 12.2. The number of alkyl carbamates (subject to hydrolysis) is 1. The number of benzene rings is 1. The van der Waals surface area contributed by atoms with E-state index in [1.54, 1.807) is 30.6 Å². The van der Waals surface area contributed by atoms with Crippen LogP contribution in [0.3, 0.4) is 0 Å². The Labute approximate surface area is 181 Å². The highest BCUT2D eigenvalue weighted by atomic mass is 16.6. The van der Waals surface area contributed by atoms with E-state index in [9.17, 15) is 14.4 Å². The Kier molecular flexibility index (Phi) is 10.2. The zero-order valence-corrected chi connectivity index (χ0v) is 18.3. The van der Waals surface area contributed by atoms with Gasteiger partial charge in [0.05, 0.1) is 0 Å². The topological polar surface area (TPSA) is 122 Å². The molecule has 1 aliphatic heterocycles. The first-order chi connectivity index (χ1) is 14.6. The van der Waals surface area contributed by atoms with E-state index in [0.717, 1.165) is 11.1 Å². The predicted molar refractivity (Wildman–Crippen MR) is 109 cm³/mol. The minimum Gasteiger partial charge on any atom is -0.445 e. The zero-order chi connectivity index (χ0) is 23.4. The first-order valence-corrected chi connectivity index (χ1v) is 9.77. The van der Waals surface area contributed by atoms with Crippen LogP contribution >= 0.6 is 0 Å². The number of nitrogens with one attached hydrogen (secondary N) is 1. The first kappa shape index (κ1) is 25.6. The van der Waals surface area contributed by atoms with Gasteiger partial charge in [-0.1, -0.05) is 29.8 Å². The molecule has 10 nitrogen and oxygen atoms in total. The number of hydrogen-bond acceptors (Lipinski definition) is 7. The van der Waals surface area contributed by atoms with Gasteiger partial charge in [-0.05, 0) is 33.3 Å². The number of amides is 3. The average Bonchev–Trinajstić information content (AvgIpc) is 2.71. The predicted octanol–water partition coefficient (Wildman–Crippen LogP) is 1.72. The summed E-state index contributed by atoms with van der Waals surface area (Å²) in [5, 5.41) is 2.46. The minimum absolute atomic E-state index is 0.132. The van der Waals surface area contributed by atoms with Gasteiger partial charge in [-0.2, -0.15) is 9.59 Å². The van der Waals surface area contributed by atoms with E-state index in [2.05, 4.69) is 5.32 Å². The van der Waals surface area contributed by atoms with Crippen molar-refractivity contribution in [2.24, 2.45) is 0 Å². The second kappa shape index (κ2) is 12.3. The third kappa shape index (κ3) is 10.3. The molecular weight excluding hydrogens is 406 g/mol. The lowest BCUT2D eigenvalue weighted by Crippen LogP contribution is -2.52. The van der Waals surface area contributed by atoms with Crippen LogP contribution in [0.1, 0.15) is 31.9 Å². The molecule has 0 atom stereocenters. The molecule has 1 N–H and O–H groups in total. The summed E-state index contributed by atoms with van der Waals surface area (Å²) >= 11 is 0. The van der Waals surface area contributed by atoms with Gasteiger partial charge in [0.15, 0.2) is 0 Å². The van der Waals surface area contributed by atoms with Crippen LogP contribution in [0, 0.1) is 6.92 Å². The first-order valence-electron chi connectivity index (χ1n) is 9.77. The van der Waals surface area contributed by atoms with Crippen molar-refractivity contribution in [2.45, 2.75) is 39.9 Å². The van der Waals surface area contributed by atoms with Gasteiger partial charge in [-0.3, -0.25) is 4.79 Å². The summed E-state index contributed by atoms with van der Waals surface area (Å²) in [5.41, 5.74) is 1.47. The highest BCUT2D eigenvalue weighted by Gasteiger charge is 2.25. The summed E-state index contributed by atoms with van der Waals surface area (Å²) in [4.78, 5) is 55.5. The molecule has 1 aromatic carbocycles. The summed E-state index contributed by atoms with van der Waals surface area (Å²) in [7, 11) is 0. The van der Waals surface area contributed by atoms with Crippen molar-refractivity contribution in [1.29, 1.82) is 0 Å². The van der Waals surface area contributed by atoms with E-state index >= 15 is 0 Å². The van der Waals surface area contributed by atoms with E-state index in [1.165, 1.54) is 0 Å². The van der Waals surface area contributed by atoms with Crippen LogP contribution in [-0.2, 0) is 30.5 Å². The van der Waals surface area contributed by atoms with Crippen molar-refractivity contribution in [3.8, 4) is 0 Å². The van der Waals surface area contributed by atoms with Crippen molar-refractivity contribution < 1.29 is 33.4 Å². The quantitative estimate of drug-likeness (QED) is 0.764. The molecule has 1 aliphatic rings. The van der Waals surface area contributed by atoms with Crippen LogP contribution in [-0.4, -0.2) is 72.4 Å². The molecule has 0 bridgehead atoms. The monoisotopic (exact) mass is 435 g/mol. The second-order valence-corrected chi connectivity index (χ2v) is 7.85.